The first-order chi connectivity index (χ1) is 14.2. The van der Waals surface area contributed by atoms with Crippen LogP contribution < -0.4 is 10.9 Å². The lowest BCUT2D eigenvalue weighted by molar-refractivity contribution is 0.244. The van der Waals surface area contributed by atoms with Gasteiger partial charge in [0, 0.05) is 31.1 Å². The topological polar surface area (TPSA) is 79.3 Å². The van der Waals surface area contributed by atoms with Crippen molar-refractivity contribution in [3.8, 4) is 0 Å². The summed E-state index contributed by atoms with van der Waals surface area (Å²) in [6.07, 6.45) is 1.73. The third-order valence-electron chi connectivity index (χ3n) is 5.69. The molecule has 0 amide bonds. The first-order valence-corrected chi connectivity index (χ1v) is 12.3. The molecule has 1 fully saturated rings. The maximum absolute atomic E-state index is 13.0. The number of hydrogen-bond acceptors (Lipinski definition) is 6. The molecule has 0 radical (unpaired) electrons. The molecule has 2 unspecified atom stereocenters. The van der Waals surface area contributed by atoms with E-state index in [2.05, 4.69) is 41.6 Å². The molecule has 166 valence electrons. The molecule has 2 atom stereocenters. The summed E-state index contributed by atoms with van der Waals surface area (Å²) < 4.78 is 27.9. The van der Waals surface area contributed by atoms with Gasteiger partial charge in [0.05, 0.1) is 24.2 Å². The van der Waals surface area contributed by atoms with Crippen LogP contribution in [0.4, 0.5) is 0 Å². The van der Waals surface area contributed by atoms with E-state index >= 15 is 0 Å². The summed E-state index contributed by atoms with van der Waals surface area (Å²) >= 11 is 0. The molecule has 0 aliphatic carbocycles. The van der Waals surface area contributed by atoms with Gasteiger partial charge in [0.25, 0.3) is 0 Å². The van der Waals surface area contributed by atoms with E-state index in [1.54, 1.807) is 6.20 Å². The average Bonchev–Trinajstić information content (AvgIpc) is 3.20. The molecule has 0 saturated carbocycles. The fourth-order valence-corrected chi connectivity index (χ4v) is 5.90. The molecule has 7 nitrogen and oxygen atoms in total. The Hall–Kier alpha value is -1.74. The number of imidazole rings is 1. The lowest BCUT2D eigenvalue weighted by Crippen LogP contribution is -2.35. The van der Waals surface area contributed by atoms with E-state index in [9.17, 15) is 8.42 Å². The minimum absolute atomic E-state index is 0.0494. The predicted molar refractivity (Wildman–Crippen MR) is 120 cm³/mol. The number of benzene rings is 1. The predicted octanol–water partition coefficient (Wildman–Crippen LogP) is 2.29. The maximum atomic E-state index is 13.0. The third-order valence-corrected chi connectivity index (χ3v) is 7.68. The van der Waals surface area contributed by atoms with Gasteiger partial charge >= 0.3 is 0 Å². The Labute approximate surface area is 180 Å². The first-order valence-electron chi connectivity index (χ1n) is 10.7. The molecule has 0 bridgehead atoms. The van der Waals surface area contributed by atoms with Crippen LogP contribution in [-0.4, -0.2) is 54.3 Å². The number of hydrazine groups is 1. The second-order valence-corrected chi connectivity index (χ2v) is 10.9. The summed E-state index contributed by atoms with van der Waals surface area (Å²) in [6, 6.07) is 10.7. The SMILES string of the molecule is CC(C)CS(=O)(=O)c1ncc(CN(C)CC2C(C)NNC2C)n1Cc1ccccc1. The van der Waals surface area contributed by atoms with E-state index in [0.717, 1.165) is 17.8 Å². The number of hydrogen-bond donors (Lipinski definition) is 2. The Balaban J connectivity index is 1.86. The fourth-order valence-electron chi connectivity index (χ4n) is 4.14. The molecule has 8 heteroatoms. The summed E-state index contributed by atoms with van der Waals surface area (Å²) in [5.74, 6) is 0.626. The van der Waals surface area contributed by atoms with Crippen LogP contribution in [0, 0.1) is 11.8 Å². The summed E-state index contributed by atoms with van der Waals surface area (Å²) in [5, 5.41) is 0.175. The molecule has 1 aromatic heterocycles. The first kappa shape index (κ1) is 22.9. The van der Waals surface area contributed by atoms with Gasteiger partial charge in [-0.25, -0.2) is 13.4 Å². The van der Waals surface area contributed by atoms with Crippen molar-refractivity contribution in [2.24, 2.45) is 11.8 Å². The van der Waals surface area contributed by atoms with Gasteiger partial charge in [0.15, 0.2) is 0 Å². The van der Waals surface area contributed by atoms with Gasteiger partial charge in [-0.2, -0.15) is 0 Å². The van der Waals surface area contributed by atoms with Crippen LogP contribution in [-0.2, 0) is 22.9 Å². The Kier molecular flexibility index (Phi) is 7.34. The van der Waals surface area contributed by atoms with Crippen molar-refractivity contribution in [1.29, 1.82) is 0 Å². The van der Waals surface area contributed by atoms with E-state index in [-0.39, 0.29) is 16.8 Å². The summed E-state index contributed by atoms with van der Waals surface area (Å²) in [6.45, 7) is 10.3. The maximum Gasteiger partial charge on any atom is 0.228 e. The highest BCUT2D eigenvalue weighted by Gasteiger charge is 2.31. The number of nitrogens with zero attached hydrogens (tertiary/aromatic N) is 3. The molecule has 2 heterocycles. The second kappa shape index (κ2) is 9.60. The molecule has 3 rings (SSSR count). The van der Waals surface area contributed by atoms with Gasteiger partial charge in [-0.05, 0) is 32.4 Å². The van der Waals surface area contributed by atoms with E-state index in [1.807, 2.05) is 48.7 Å². The second-order valence-electron chi connectivity index (χ2n) is 9.01. The van der Waals surface area contributed by atoms with Gasteiger partial charge in [0.1, 0.15) is 0 Å². The fraction of sp³-hybridized carbons (Fsp3) is 0.591. The van der Waals surface area contributed by atoms with Gasteiger partial charge < -0.3 is 9.47 Å². The van der Waals surface area contributed by atoms with Crippen LogP contribution in [0.2, 0.25) is 0 Å². The van der Waals surface area contributed by atoms with Crippen LogP contribution >= 0.6 is 0 Å². The van der Waals surface area contributed by atoms with E-state index in [1.165, 1.54) is 0 Å². The summed E-state index contributed by atoms with van der Waals surface area (Å²) in [7, 11) is -1.37. The average molecular weight is 434 g/mol. The molecule has 1 aliphatic heterocycles. The highest BCUT2D eigenvalue weighted by Crippen LogP contribution is 2.21. The van der Waals surface area contributed by atoms with Crippen molar-refractivity contribution in [1.82, 2.24) is 25.3 Å². The molecule has 1 saturated heterocycles. The number of aromatic nitrogens is 2. The highest BCUT2D eigenvalue weighted by atomic mass is 32.2. The number of nitrogens with one attached hydrogen (secondary N) is 2. The lowest BCUT2D eigenvalue weighted by atomic mass is 9.96. The number of rotatable bonds is 9. The van der Waals surface area contributed by atoms with Crippen LogP contribution in [0.1, 0.15) is 39.0 Å². The normalized spacial score (nSPS) is 22.3. The molecule has 2 N–H and O–H groups in total. The summed E-state index contributed by atoms with van der Waals surface area (Å²) in [5.41, 5.74) is 8.58. The van der Waals surface area contributed by atoms with Gasteiger partial charge in [-0.15, -0.1) is 0 Å². The van der Waals surface area contributed by atoms with Gasteiger partial charge in [0.2, 0.25) is 15.0 Å². The smallest absolute Gasteiger partial charge is 0.228 e. The van der Waals surface area contributed by atoms with Crippen LogP contribution in [0.3, 0.4) is 0 Å². The van der Waals surface area contributed by atoms with E-state index in [4.69, 9.17) is 0 Å². The number of sulfone groups is 1. The quantitative estimate of drug-likeness (QED) is 0.632. The zero-order valence-corrected chi connectivity index (χ0v) is 19.5. The van der Waals surface area contributed by atoms with Crippen LogP contribution in [0.25, 0.3) is 0 Å². The van der Waals surface area contributed by atoms with Gasteiger partial charge in [-0.1, -0.05) is 44.2 Å². The van der Waals surface area contributed by atoms with Crippen molar-refractivity contribution in [3.05, 3.63) is 47.8 Å². The molecule has 1 aromatic carbocycles. The lowest BCUT2D eigenvalue weighted by Gasteiger charge is -2.25. The summed E-state index contributed by atoms with van der Waals surface area (Å²) in [4.78, 5) is 6.63. The minimum Gasteiger partial charge on any atom is -0.313 e. The zero-order valence-electron chi connectivity index (χ0n) is 18.7. The van der Waals surface area contributed by atoms with Crippen molar-refractivity contribution < 1.29 is 8.42 Å². The largest absolute Gasteiger partial charge is 0.313 e. The van der Waals surface area contributed by atoms with Crippen molar-refractivity contribution in [3.63, 3.8) is 0 Å². The zero-order chi connectivity index (χ0) is 21.9. The standard InChI is InChI=1S/C22H35N5O2S/c1-16(2)15-30(28,29)22-23-11-20(27(22)12-19-9-7-6-8-10-19)13-26(5)14-21-17(3)24-25-18(21)4/h6-11,16-18,21,24-25H,12-15H2,1-5H3. The van der Waals surface area contributed by atoms with E-state index in [0.29, 0.717) is 31.1 Å². The molecular weight excluding hydrogens is 398 g/mol. The molecule has 0 spiro atoms. The highest BCUT2D eigenvalue weighted by molar-refractivity contribution is 7.91. The Bertz CT molecular complexity index is 916. The Morgan fingerprint density at radius 3 is 2.37 bits per heavy atom. The van der Waals surface area contributed by atoms with Crippen LogP contribution in [0.15, 0.2) is 41.7 Å². The van der Waals surface area contributed by atoms with E-state index < -0.39 is 9.84 Å². The molecule has 30 heavy (non-hydrogen) atoms. The molecule has 2 aromatic rings. The van der Waals surface area contributed by atoms with Crippen molar-refractivity contribution >= 4 is 9.84 Å². The molecule has 1 aliphatic rings. The molecular formula is C22H35N5O2S. The Morgan fingerprint density at radius 1 is 1.13 bits per heavy atom. The minimum atomic E-state index is -3.45. The Morgan fingerprint density at radius 2 is 1.77 bits per heavy atom. The van der Waals surface area contributed by atoms with Gasteiger partial charge in [-0.3, -0.25) is 10.9 Å². The third kappa shape index (κ3) is 5.49. The van der Waals surface area contributed by atoms with Crippen LogP contribution in [0.5, 0.6) is 0 Å². The van der Waals surface area contributed by atoms with Crippen molar-refractivity contribution in [2.45, 2.75) is 58.0 Å². The monoisotopic (exact) mass is 433 g/mol. The van der Waals surface area contributed by atoms with Crippen molar-refractivity contribution in [2.75, 3.05) is 19.3 Å².